The molecule has 2 fully saturated rings. The van der Waals surface area contributed by atoms with Gasteiger partial charge in [-0.1, -0.05) is 88.4 Å². The molecule has 4 aromatic rings. The number of carbonyl (C=O) groups excluding carboxylic acids is 2. The maximum Gasteiger partial charge on any atom is 0.573 e. The van der Waals surface area contributed by atoms with E-state index in [2.05, 4.69) is 30.7 Å². The van der Waals surface area contributed by atoms with Crippen LogP contribution in [-0.4, -0.2) is 25.0 Å². The average molecular weight is 679 g/mol. The second-order valence-corrected chi connectivity index (χ2v) is 13.9. The first kappa shape index (κ1) is 35.8. The van der Waals surface area contributed by atoms with Crippen LogP contribution in [0.15, 0.2) is 97.1 Å². The van der Waals surface area contributed by atoms with Gasteiger partial charge in [0.1, 0.15) is 34.7 Å². The van der Waals surface area contributed by atoms with E-state index < -0.39 is 17.9 Å². The van der Waals surface area contributed by atoms with Crippen molar-refractivity contribution >= 4 is 11.6 Å². The van der Waals surface area contributed by atoms with Gasteiger partial charge in [-0.2, -0.15) is 0 Å². The zero-order valence-corrected chi connectivity index (χ0v) is 28.0. The van der Waals surface area contributed by atoms with Crippen molar-refractivity contribution in [2.24, 2.45) is 22.7 Å². The number of methoxy groups -OCH3 is 1. The van der Waals surface area contributed by atoms with Crippen LogP contribution in [0.1, 0.15) is 61.8 Å². The number of rotatable bonds is 10. The number of halogens is 5. The third-order valence-electron chi connectivity index (χ3n) is 9.90. The van der Waals surface area contributed by atoms with Gasteiger partial charge in [-0.05, 0) is 75.8 Å². The highest BCUT2D eigenvalue weighted by Crippen LogP contribution is 2.65. The molecule has 0 radical (unpaired) electrons. The largest absolute Gasteiger partial charge is 0.573 e. The van der Waals surface area contributed by atoms with Crippen molar-refractivity contribution in [3.05, 3.63) is 131 Å². The first-order valence-electron chi connectivity index (χ1n) is 16.1. The molecule has 0 amide bonds. The highest BCUT2D eigenvalue weighted by molar-refractivity contribution is 5.89. The summed E-state index contributed by atoms with van der Waals surface area (Å²) in [5.74, 6) is -1.34. The van der Waals surface area contributed by atoms with Gasteiger partial charge in [0.25, 0.3) is 0 Å². The number of hydrogen-bond donors (Lipinski definition) is 0. The summed E-state index contributed by atoms with van der Waals surface area (Å²) in [5, 5.41) is 0. The van der Waals surface area contributed by atoms with Crippen molar-refractivity contribution in [1.29, 1.82) is 0 Å². The number of alkyl halides is 3. The Morgan fingerprint density at radius 2 is 1.16 bits per heavy atom. The first-order chi connectivity index (χ1) is 23.0. The lowest BCUT2D eigenvalue weighted by atomic mass is 10.0. The number of ether oxygens (including phenoxy) is 2. The fourth-order valence-corrected chi connectivity index (χ4v) is 7.36. The van der Waals surface area contributed by atoms with Crippen molar-refractivity contribution in [3.63, 3.8) is 0 Å². The van der Waals surface area contributed by atoms with Crippen LogP contribution in [0.3, 0.4) is 0 Å². The predicted molar refractivity (Wildman–Crippen MR) is 176 cm³/mol. The lowest BCUT2D eigenvalue weighted by molar-refractivity contribution is -0.274. The van der Waals surface area contributed by atoms with Crippen LogP contribution in [0.4, 0.5) is 22.0 Å². The minimum atomic E-state index is -4.90. The zero-order valence-electron chi connectivity index (χ0n) is 28.0. The Labute approximate surface area is 283 Å². The quantitative estimate of drug-likeness (QED) is 0.157. The molecule has 4 atom stereocenters. The van der Waals surface area contributed by atoms with Crippen molar-refractivity contribution < 1.29 is 41.0 Å². The van der Waals surface area contributed by atoms with Gasteiger partial charge in [0.05, 0.1) is 7.11 Å². The molecule has 258 valence electrons. The highest BCUT2D eigenvalue weighted by atomic mass is 19.4. The molecule has 4 nitrogen and oxygen atoms in total. The molecule has 6 rings (SSSR count). The minimum Gasteiger partial charge on any atom is -0.497 e. The summed E-state index contributed by atoms with van der Waals surface area (Å²) < 4.78 is 74.1. The van der Waals surface area contributed by atoms with E-state index >= 15 is 0 Å². The molecule has 2 aliphatic carbocycles. The summed E-state index contributed by atoms with van der Waals surface area (Å²) in [7, 11) is 1.54. The Hall–Kier alpha value is -4.53. The lowest BCUT2D eigenvalue weighted by Gasteiger charge is -2.13. The molecule has 0 heterocycles. The van der Waals surface area contributed by atoms with Crippen molar-refractivity contribution in [2.75, 3.05) is 7.11 Å². The van der Waals surface area contributed by atoms with Gasteiger partial charge >= 0.3 is 6.36 Å². The van der Waals surface area contributed by atoms with E-state index in [1.165, 1.54) is 18.7 Å². The molecule has 49 heavy (non-hydrogen) atoms. The fourth-order valence-electron chi connectivity index (χ4n) is 7.36. The van der Waals surface area contributed by atoms with Crippen LogP contribution >= 0.6 is 0 Å². The molecule has 2 aliphatic rings. The van der Waals surface area contributed by atoms with Crippen molar-refractivity contribution in [1.82, 2.24) is 0 Å². The van der Waals surface area contributed by atoms with E-state index in [9.17, 15) is 31.5 Å². The van der Waals surface area contributed by atoms with Crippen LogP contribution in [0.2, 0.25) is 0 Å². The second-order valence-electron chi connectivity index (χ2n) is 13.9. The Kier molecular flexibility index (Phi) is 10.0. The van der Waals surface area contributed by atoms with Gasteiger partial charge in [-0.25, -0.2) is 8.78 Å². The molecule has 9 heteroatoms. The Bertz CT molecular complexity index is 1800. The number of hydrogen-bond acceptors (Lipinski definition) is 4. The standard InChI is InChI=1S/C20H18F4O2.C20H21FO2/c1-19(2)17(12-6-4-3-5-7-12)18(19)15(25)11-13-10-14(21)8-9-16(13)26-20(22,23)24;1-20(2)18(13-7-5-4-6-8-13)19(20)17(22)12-14-11-15(23-3)9-10-16(14)21/h3-10,17-18H,11H2,1-2H3;4-11,18-19H,12H2,1-3H3/t17-,18-;18-,19-/m00/s1. The van der Waals surface area contributed by atoms with Gasteiger partial charge in [0.15, 0.2) is 0 Å². The smallest absolute Gasteiger partial charge is 0.497 e. The van der Waals surface area contributed by atoms with Crippen LogP contribution in [0, 0.1) is 34.3 Å². The molecule has 0 unspecified atom stereocenters. The highest BCUT2D eigenvalue weighted by Gasteiger charge is 2.62. The molecule has 4 aromatic carbocycles. The van der Waals surface area contributed by atoms with Crippen LogP contribution in [-0.2, 0) is 22.4 Å². The monoisotopic (exact) mass is 678 g/mol. The average Bonchev–Trinajstić information content (AvgIpc) is 3.86. The van der Waals surface area contributed by atoms with Crippen molar-refractivity contribution in [2.45, 2.75) is 58.7 Å². The van der Waals surface area contributed by atoms with E-state index in [1.54, 1.807) is 12.1 Å². The molecule has 0 bridgehead atoms. The summed E-state index contributed by atoms with van der Waals surface area (Å²) in [6, 6.07) is 26.8. The van der Waals surface area contributed by atoms with Gasteiger partial charge in [-0.15, -0.1) is 13.2 Å². The molecule has 0 N–H and O–H groups in total. The maximum atomic E-state index is 14.0. The summed E-state index contributed by atoms with van der Waals surface area (Å²) in [6.45, 7) is 8.11. The van der Waals surface area contributed by atoms with E-state index in [0.29, 0.717) is 11.3 Å². The second kappa shape index (κ2) is 13.8. The third kappa shape index (κ3) is 8.03. The summed E-state index contributed by atoms with van der Waals surface area (Å²) >= 11 is 0. The summed E-state index contributed by atoms with van der Waals surface area (Å²) in [4.78, 5) is 25.5. The van der Waals surface area contributed by atoms with E-state index in [4.69, 9.17) is 4.74 Å². The van der Waals surface area contributed by atoms with E-state index in [0.717, 1.165) is 23.8 Å². The Balaban J connectivity index is 0.000000192. The topological polar surface area (TPSA) is 52.6 Å². The van der Waals surface area contributed by atoms with Crippen LogP contribution < -0.4 is 9.47 Å². The molecular formula is C40H39F5O4. The molecule has 0 saturated heterocycles. The maximum absolute atomic E-state index is 14.0. The first-order valence-corrected chi connectivity index (χ1v) is 16.1. The van der Waals surface area contributed by atoms with E-state index in [1.807, 2.05) is 62.4 Å². The lowest BCUT2D eigenvalue weighted by Crippen LogP contribution is -2.19. The van der Waals surface area contributed by atoms with Crippen LogP contribution in [0.5, 0.6) is 11.5 Å². The van der Waals surface area contributed by atoms with Crippen LogP contribution in [0.25, 0.3) is 0 Å². The number of benzene rings is 4. The Morgan fingerprint density at radius 3 is 1.63 bits per heavy atom. The van der Waals surface area contributed by atoms with Crippen molar-refractivity contribution in [3.8, 4) is 11.5 Å². The number of carbonyl (C=O) groups is 2. The molecular weight excluding hydrogens is 639 g/mol. The molecule has 0 spiro atoms. The van der Waals surface area contributed by atoms with Gasteiger partial charge in [0, 0.05) is 30.2 Å². The van der Waals surface area contributed by atoms with Gasteiger partial charge in [0.2, 0.25) is 0 Å². The Morgan fingerprint density at radius 1 is 0.673 bits per heavy atom. The van der Waals surface area contributed by atoms with Gasteiger partial charge < -0.3 is 9.47 Å². The predicted octanol–water partition coefficient (Wildman–Crippen LogP) is 9.66. The van der Waals surface area contributed by atoms with E-state index in [-0.39, 0.29) is 70.3 Å². The normalized spacial score (nSPS) is 21.5. The molecule has 2 saturated carbocycles. The number of Topliss-reactive ketones (excluding diaryl/α,β-unsaturated/α-hetero) is 2. The fraction of sp³-hybridized carbons (Fsp3) is 0.350. The third-order valence-corrected chi connectivity index (χ3v) is 9.90. The minimum absolute atomic E-state index is 0.00302. The van der Waals surface area contributed by atoms with Gasteiger partial charge in [-0.3, -0.25) is 9.59 Å². The summed E-state index contributed by atoms with van der Waals surface area (Å²) in [5.41, 5.74) is 2.14. The number of ketones is 2. The molecule has 0 aliphatic heterocycles. The molecule has 0 aromatic heterocycles. The SMILES string of the molecule is CC1(C)[C@@H](C(=O)Cc2cc(F)ccc2OC(F)(F)F)[C@@H]1c1ccccc1.COc1ccc(F)c(CC(=O)[C@H]2[C@H](c3ccccc3)C2(C)C)c1. The zero-order chi connectivity index (χ0) is 35.7. The summed E-state index contributed by atoms with van der Waals surface area (Å²) in [6.07, 6.45) is -5.10.